The van der Waals surface area contributed by atoms with E-state index in [4.69, 9.17) is 0 Å². The van der Waals surface area contributed by atoms with Gasteiger partial charge in [-0.05, 0) is 37.7 Å². The lowest BCUT2D eigenvalue weighted by molar-refractivity contribution is -0.131. The van der Waals surface area contributed by atoms with Gasteiger partial charge in [-0.2, -0.15) is 5.10 Å². The fraction of sp³-hybridized carbons (Fsp3) is 0.389. The van der Waals surface area contributed by atoms with Gasteiger partial charge in [0.25, 0.3) is 0 Å². The second-order valence-electron chi connectivity index (χ2n) is 6.45. The highest BCUT2D eigenvalue weighted by Crippen LogP contribution is 2.19. The molecule has 7 nitrogen and oxygen atoms in total. The van der Waals surface area contributed by atoms with Gasteiger partial charge >= 0.3 is 0 Å². The number of benzene rings is 1. The summed E-state index contributed by atoms with van der Waals surface area (Å²) < 4.78 is 2.67. The van der Waals surface area contributed by atoms with Crippen molar-refractivity contribution >= 4 is 33.4 Å². The Labute approximate surface area is 162 Å². The van der Waals surface area contributed by atoms with E-state index in [-0.39, 0.29) is 24.9 Å². The van der Waals surface area contributed by atoms with Crippen LogP contribution in [0.3, 0.4) is 0 Å². The molecule has 0 bridgehead atoms. The zero-order valence-corrected chi connectivity index (χ0v) is 17.1. The lowest BCUT2D eigenvalue weighted by Crippen LogP contribution is -2.39. The number of anilines is 1. The maximum Gasteiger partial charge on any atom is 0.238 e. The van der Waals surface area contributed by atoms with Gasteiger partial charge in [0.05, 0.1) is 19.3 Å². The fourth-order valence-electron chi connectivity index (χ4n) is 2.53. The molecule has 2 rings (SSSR count). The molecule has 0 fully saturated rings. The van der Waals surface area contributed by atoms with E-state index >= 15 is 0 Å². The van der Waals surface area contributed by atoms with Crippen LogP contribution in [0.5, 0.6) is 0 Å². The normalized spacial score (nSPS) is 10.8. The number of carbonyl (C=O) groups is 2. The number of hydrogen-bond acceptors (Lipinski definition) is 4. The lowest BCUT2D eigenvalue weighted by atomic mass is 10.2. The Balaban J connectivity index is 1.81. The minimum atomic E-state index is -0.152. The van der Waals surface area contributed by atoms with Crippen LogP contribution in [-0.4, -0.2) is 58.6 Å². The Kier molecular flexibility index (Phi) is 6.93. The number of hydrogen-bond donors (Lipinski definition) is 1. The van der Waals surface area contributed by atoms with Crippen molar-refractivity contribution in [2.45, 2.75) is 13.5 Å². The van der Waals surface area contributed by atoms with Crippen molar-refractivity contribution in [3.05, 3.63) is 46.2 Å². The highest BCUT2D eigenvalue weighted by atomic mass is 79.9. The van der Waals surface area contributed by atoms with Crippen molar-refractivity contribution < 1.29 is 9.59 Å². The van der Waals surface area contributed by atoms with Gasteiger partial charge in [-0.1, -0.05) is 15.9 Å². The molecular formula is C18H24BrN5O2. The molecular weight excluding hydrogens is 398 g/mol. The second-order valence-corrected chi connectivity index (χ2v) is 7.37. The Morgan fingerprint density at radius 2 is 2.00 bits per heavy atom. The van der Waals surface area contributed by atoms with Crippen molar-refractivity contribution in [2.75, 3.05) is 32.5 Å². The molecule has 0 spiro atoms. The van der Waals surface area contributed by atoms with Gasteiger partial charge < -0.3 is 10.2 Å². The maximum atomic E-state index is 12.3. The Bertz CT molecular complexity index is 790. The third-order valence-electron chi connectivity index (χ3n) is 3.89. The lowest BCUT2D eigenvalue weighted by Gasteiger charge is -2.21. The molecule has 140 valence electrons. The predicted octanol–water partition coefficient (Wildman–Crippen LogP) is 2.02. The van der Waals surface area contributed by atoms with Crippen molar-refractivity contribution in [1.82, 2.24) is 19.6 Å². The van der Waals surface area contributed by atoms with Crippen molar-refractivity contribution in [3.63, 3.8) is 0 Å². The summed E-state index contributed by atoms with van der Waals surface area (Å²) >= 11 is 3.40. The Morgan fingerprint density at radius 1 is 1.27 bits per heavy atom. The van der Waals surface area contributed by atoms with Crippen LogP contribution in [0.4, 0.5) is 5.69 Å². The van der Waals surface area contributed by atoms with Gasteiger partial charge in [0.2, 0.25) is 11.8 Å². The Hall–Kier alpha value is -2.19. The number of nitrogens with one attached hydrogen (secondary N) is 1. The van der Waals surface area contributed by atoms with E-state index < -0.39 is 0 Å². The van der Waals surface area contributed by atoms with Gasteiger partial charge in [-0.3, -0.25) is 19.2 Å². The molecule has 0 saturated carbocycles. The number of nitrogens with zero attached hydrogens (tertiary/aromatic N) is 4. The zero-order valence-electron chi connectivity index (χ0n) is 15.5. The molecule has 0 radical (unpaired) electrons. The van der Waals surface area contributed by atoms with Crippen LogP contribution < -0.4 is 5.32 Å². The third kappa shape index (κ3) is 5.96. The maximum absolute atomic E-state index is 12.3. The number of carbonyl (C=O) groups excluding carboxylic acids is 2. The molecule has 1 N–H and O–H groups in total. The molecule has 0 aliphatic carbocycles. The third-order valence-corrected chi connectivity index (χ3v) is 4.38. The van der Waals surface area contributed by atoms with E-state index in [1.54, 1.807) is 34.8 Å². The number of rotatable bonds is 7. The van der Waals surface area contributed by atoms with Crippen LogP contribution >= 0.6 is 15.9 Å². The number of halogens is 1. The van der Waals surface area contributed by atoms with Crippen LogP contribution in [0.15, 0.2) is 35.1 Å². The molecule has 2 aromatic rings. The first-order valence-corrected chi connectivity index (χ1v) is 9.00. The number of likely N-dealkylation sites (N-methyl/N-ethyl adjacent to an activating group) is 2. The molecule has 26 heavy (non-hydrogen) atoms. The van der Waals surface area contributed by atoms with Crippen molar-refractivity contribution in [3.8, 4) is 0 Å². The first-order valence-electron chi connectivity index (χ1n) is 8.20. The van der Waals surface area contributed by atoms with Gasteiger partial charge in [-0.25, -0.2) is 0 Å². The van der Waals surface area contributed by atoms with Gasteiger partial charge in [-0.15, -0.1) is 0 Å². The summed E-state index contributed by atoms with van der Waals surface area (Å²) in [6, 6.07) is 5.67. The van der Waals surface area contributed by atoms with Crippen LogP contribution in [0.2, 0.25) is 0 Å². The average molecular weight is 422 g/mol. The molecule has 0 aliphatic rings. The zero-order chi connectivity index (χ0) is 19.3. The number of amides is 2. The molecule has 1 aromatic carbocycles. The monoisotopic (exact) mass is 421 g/mol. The summed E-state index contributed by atoms with van der Waals surface area (Å²) in [5.41, 5.74) is 2.71. The SMILES string of the molecule is Cc1cc(Br)ccc1NC(=O)CN(C)CC(=O)N(C)Cc1cnn(C)c1. The molecule has 1 heterocycles. The minimum Gasteiger partial charge on any atom is -0.340 e. The standard InChI is InChI=1S/C18H24BrN5O2/c1-13-7-15(19)5-6-16(13)21-17(25)11-22(2)12-18(26)23(3)9-14-8-20-24(4)10-14/h5-8,10H,9,11-12H2,1-4H3,(H,21,25). The first kappa shape index (κ1) is 20.1. The first-order chi connectivity index (χ1) is 12.2. The van der Waals surface area contributed by atoms with Crippen molar-refractivity contribution in [2.24, 2.45) is 7.05 Å². The number of aryl methyl sites for hydroxylation is 2. The molecule has 0 unspecified atom stereocenters. The Morgan fingerprint density at radius 3 is 2.62 bits per heavy atom. The highest BCUT2D eigenvalue weighted by Gasteiger charge is 2.15. The topological polar surface area (TPSA) is 70.5 Å². The molecule has 1 aromatic heterocycles. The van der Waals surface area contributed by atoms with E-state index in [2.05, 4.69) is 26.3 Å². The van der Waals surface area contributed by atoms with Crippen LogP contribution in [0.25, 0.3) is 0 Å². The molecule has 0 saturated heterocycles. The van der Waals surface area contributed by atoms with Crippen LogP contribution in [-0.2, 0) is 23.2 Å². The summed E-state index contributed by atoms with van der Waals surface area (Å²) in [5, 5.41) is 6.97. The molecule has 2 amide bonds. The van der Waals surface area contributed by atoms with Gasteiger partial charge in [0.15, 0.2) is 0 Å². The van der Waals surface area contributed by atoms with E-state index in [1.165, 1.54) is 0 Å². The predicted molar refractivity (Wildman–Crippen MR) is 105 cm³/mol. The average Bonchev–Trinajstić information content (AvgIpc) is 2.94. The number of aromatic nitrogens is 2. The minimum absolute atomic E-state index is 0.0519. The quantitative estimate of drug-likeness (QED) is 0.742. The molecule has 0 atom stereocenters. The van der Waals surface area contributed by atoms with Gasteiger partial charge in [0.1, 0.15) is 0 Å². The van der Waals surface area contributed by atoms with E-state index in [1.807, 2.05) is 38.4 Å². The molecule has 0 aliphatic heterocycles. The summed E-state index contributed by atoms with van der Waals surface area (Å²) in [7, 11) is 5.34. The second kappa shape index (κ2) is 8.95. The van der Waals surface area contributed by atoms with Crippen LogP contribution in [0.1, 0.15) is 11.1 Å². The summed E-state index contributed by atoms with van der Waals surface area (Å²) in [4.78, 5) is 27.9. The highest BCUT2D eigenvalue weighted by molar-refractivity contribution is 9.10. The molecule has 8 heteroatoms. The van der Waals surface area contributed by atoms with Gasteiger partial charge in [0, 0.05) is 42.6 Å². The summed E-state index contributed by atoms with van der Waals surface area (Å²) in [6.45, 7) is 2.73. The summed E-state index contributed by atoms with van der Waals surface area (Å²) in [6.07, 6.45) is 3.61. The van der Waals surface area contributed by atoms with Crippen molar-refractivity contribution in [1.29, 1.82) is 0 Å². The van der Waals surface area contributed by atoms with E-state index in [9.17, 15) is 9.59 Å². The van der Waals surface area contributed by atoms with Crippen LogP contribution in [0, 0.1) is 6.92 Å². The summed E-state index contributed by atoms with van der Waals surface area (Å²) in [5.74, 6) is -0.204. The largest absolute Gasteiger partial charge is 0.340 e. The van der Waals surface area contributed by atoms with E-state index in [0.29, 0.717) is 6.54 Å². The smallest absolute Gasteiger partial charge is 0.238 e. The van der Waals surface area contributed by atoms with E-state index in [0.717, 1.165) is 21.3 Å². The fourth-order valence-corrected chi connectivity index (χ4v) is 3.00.